The highest BCUT2D eigenvalue weighted by molar-refractivity contribution is 7.99. The molecule has 0 unspecified atom stereocenters. The van der Waals surface area contributed by atoms with E-state index in [0.717, 1.165) is 16.9 Å². The zero-order valence-electron chi connectivity index (χ0n) is 11.0. The van der Waals surface area contributed by atoms with Gasteiger partial charge in [0, 0.05) is 17.0 Å². The fourth-order valence-corrected chi connectivity index (χ4v) is 4.42. The summed E-state index contributed by atoms with van der Waals surface area (Å²) in [5.74, 6) is 0.545. The molecule has 7 heteroatoms. The van der Waals surface area contributed by atoms with Crippen LogP contribution in [0.5, 0.6) is 0 Å². The molecule has 2 nitrogen and oxygen atoms in total. The molecule has 0 saturated carbocycles. The summed E-state index contributed by atoms with van der Waals surface area (Å²) < 4.78 is 41.2. The van der Waals surface area contributed by atoms with Crippen molar-refractivity contribution >= 4 is 33.3 Å². The Bertz CT molecular complexity index is 740. The molecular formula is C13H13F3N2S2. The molecule has 1 N–H and O–H groups in total. The second-order valence-electron chi connectivity index (χ2n) is 5.52. The van der Waals surface area contributed by atoms with E-state index in [1.54, 1.807) is 11.8 Å². The second-order valence-corrected chi connectivity index (χ2v) is 8.23. The first kappa shape index (κ1) is 14.0. The Morgan fingerprint density at radius 1 is 1.30 bits per heavy atom. The molecule has 1 aliphatic rings. The molecule has 3 rings (SSSR count). The summed E-state index contributed by atoms with van der Waals surface area (Å²) in [4.78, 5) is 0.316. The summed E-state index contributed by atoms with van der Waals surface area (Å²) in [5, 5.41) is 8.02. The van der Waals surface area contributed by atoms with Crippen molar-refractivity contribution in [1.29, 1.82) is 5.41 Å². The number of benzene rings is 1. The minimum atomic E-state index is -4.34. The third-order valence-electron chi connectivity index (χ3n) is 3.36. The number of hydrogen-bond donors (Lipinski definition) is 1. The van der Waals surface area contributed by atoms with Crippen LogP contribution >= 0.6 is 23.1 Å². The summed E-state index contributed by atoms with van der Waals surface area (Å²) >= 11 is 2.75. The molecule has 0 radical (unpaired) electrons. The highest BCUT2D eigenvalue weighted by Crippen LogP contribution is 2.40. The second kappa shape index (κ2) is 4.27. The van der Waals surface area contributed by atoms with Crippen LogP contribution in [0.25, 0.3) is 10.2 Å². The van der Waals surface area contributed by atoms with Gasteiger partial charge in [0.05, 0.1) is 15.8 Å². The fourth-order valence-electron chi connectivity index (χ4n) is 2.43. The van der Waals surface area contributed by atoms with E-state index < -0.39 is 11.7 Å². The summed E-state index contributed by atoms with van der Waals surface area (Å²) in [5.41, 5.74) is 0.861. The van der Waals surface area contributed by atoms with Crippen LogP contribution in [-0.2, 0) is 18.5 Å². The lowest BCUT2D eigenvalue weighted by Crippen LogP contribution is -2.26. The molecular weight excluding hydrogens is 305 g/mol. The third kappa shape index (κ3) is 2.26. The van der Waals surface area contributed by atoms with Gasteiger partial charge in [0.1, 0.15) is 0 Å². The number of nitrogens with zero attached hydrogens (tertiary/aromatic N) is 1. The molecule has 0 amide bonds. The SMILES string of the molecule is CC1(C)Cn2c(=N)sc3cc(C(F)(F)F)cc(c32)CS1. The first-order chi connectivity index (χ1) is 9.17. The van der Waals surface area contributed by atoms with Crippen LogP contribution in [0.15, 0.2) is 12.1 Å². The molecule has 20 heavy (non-hydrogen) atoms. The Morgan fingerprint density at radius 3 is 2.65 bits per heavy atom. The lowest BCUT2D eigenvalue weighted by atomic mass is 10.1. The van der Waals surface area contributed by atoms with Crippen molar-refractivity contribution in [2.75, 3.05) is 0 Å². The van der Waals surface area contributed by atoms with Crippen molar-refractivity contribution in [2.24, 2.45) is 0 Å². The van der Waals surface area contributed by atoms with Crippen molar-refractivity contribution < 1.29 is 13.2 Å². The van der Waals surface area contributed by atoms with Crippen LogP contribution < -0.4 is 4.80 Å². The van der Waals surface area contributed by atoms with Crippen molar-refractivity contribution in [3.8, 4) is 0 Å². The van der Waals surface area contributed by atoms with Gasteiger partial charge < -0.3 is 4.57 Å². The molecule has 0 spiro atoms. The largest absolute Gasteiger partial charge is 0.416 e. The average Bonchev–Trinajstić information content (AvgIpc) is 2.52. The molecule has 0 bridgehead atoms. The van der Waals surface area contributed by atoms with Gasteiger partial charge in [0.15, 0.2) is 4.80 Å². The Kier molecular flexibility index (Phi) is 2.99. The van der Waals surface area contributed by atoms with Gasteiger partial charge in [-0.3, -0.25) is 5.41 Å². The maximum absolute atomic E-state index is 13.0. The van der Waals surface area contributed by atoms with Crippen LogP contribution in [0, 0.1) is 5.41 Å². The quantitative estimate of drug-likeness (QED) is 0.774. The summed E-state index contributed by atoms with van der Waals surface area (Å²) in [6.45, 7) is 4.77. The number of alkyl halides is 3. The number of rotatable bonds is 0. The zero-order valence-corrected chi connectivity index (χ0v) is 12.6. The molecule has 2 aromatic rings. The smallest absolute Gasteiger partial charge is 0.315 e. The van der Waals surface area contributed by atoms with Gasteiger partial charge >= 0.3 is 6.18 Å². The van der Waals surface area contributed by atoms with Crippen molar-refractivity contribution in [1.82, 2.24) is 4.57 Å². The Balaban J connectivity index is 2.32. The maximum atomic E-state index is 13.0. The van der Waals surface area contributed by atoms with E-state index in [9.17, 15) is 13.2 Å². The van der Waals surface area contributed by atoms with Gasteiger partial charge in [-0.25, -0.2) is 0 Å². The van der Waals surface area contributed by atoms with E-state index in [-0.39, 0.29) is 4.75 Å². The minimum Gasteiger partial charge on any atom is -0.315 e. The van der Waals surface area contributed by atoms with Crippen LogP contribution in [0.1, 0.15) is 25.0 Å². The lowest BCUT2D eigenvalue weighted by Gasteiger charge is -2.21. The molecule has 1 aliphatic heterocycles. The van der Waals surface area contributed by atoms with Gasteiger partial charge in [-0.05, 0) is 31.5 Å². The van der Waals surface area contributed by atoms with Crippen molar-refractivity contribution in [3.63, 3.8) is 0 Å². The van der Waals surface area contributed by atoms with Gasteiger partial charge in [-0.15, -0.1) is 11.8 Å². The summed E-state index contributed by atoms with van der Waals surface area (Å²) in [7, 11) is 0. The number of thiazole rings is 1. The van der Waals surface area contributed by atoms with E-state index in [1.165, 1.54) is 12.1 Å². The lowest BCUT2D eigenvalue weighted by molar-refractivity contribution is -0.137. The predicted octanol–water partition coefficient (Wildman–Crippen LogP) is 4.23. The molecule has 2 heterocycles. The van der Waals surface area contributed by atoms with E-state index in [4.69, 9.17) is 5.41 Å². The minimum absolute atomic E-state index is 0.0914. The fraction of sp³-hybridized carbons (Fsp3) is 0.462. The van der Waals surface area contributed by atoms with Crippen molar-refractivity contribution in [2.45, 2.75) is 37.1 Å². The number of nitrogens with one attached hydrogen (secondary N) is 1. The van der Waals surface area contributed by atoms with Gasteiger partial charge in [0.25, 0.3) is 0 Å². The highest BCUT2D eigenvalue weighted by atomic mass is 32.2. The molecule has 0 aliphatic carbocycles. The van der Waals surface area contributed by atoms with Crippen LogP contribution in [0.2, 0.25) is 0 Å². The number of thioether (sulfide) groups is 1. The number of hydrogen-bond acceptors (Lipinski definition) is 3. The van der Waals surface area contributed by atoms with Gasteiger partial charge in [0.2, 0.25) is 0 Å². The molecule has 1 aromatic carbocycles. The Hall–Kier alpha value is -0.950. The normalized spacial score (nSPS) is 18.2. The zero-order chi connectivity index (χ0) is 14.7. The summed E-state index contributed by atoms with van der Waals surface area (Å²) in [6, 6.07) is 2.40. The average molecular weight is 318 g/mol. The van der Waals surface area contributed by atoms with Crippen LogP contribution in [0.3, 0.4) is 0 Å². The standard InChI is InChI=1S/C13H13F3N2S2/c1-12(2)6-18-10-7(5-19-12)3-8(13(14,15)16)4-9(10)20-11(18)17/h3-4,17H,5-6H2,1-2H3. The summed E-state index contributed by atoms with van der Waals surface area (Å²) in [6.07, 6.45) is -4.34. The van der Waals surface area contributed by atoms with Crippen LogP contribution in [-0.4, -0.2) is 9.31 Å². The van der Waals surface area contributed by atoms with Gasteiger partial charge in [-0.2, -0.15) is 13.2 Å². The molecule has 1 aromatic heterocycles. The highest BCUT2D eigenvalue weighted by Gasteiger charge is 2.33. The van der Waals surface area contributed by atoms with Crippen LogP contribution in [0.4, 0.5) is 13.2 Å². The monoisotopic (exact) mass is 318 g/mol. The third-order valence-corrected chi connectivity index (χ3v) is 5.67. The topological polar surface area (TPSA) is 28.8 Å². The maximum Gasteiger partial charge on any atom is 0.416 e. The van der Waals surface area contributed by atoms with E-state index >= 15 is 0 Å². The first-order valence-electron chi connectivity index (χ1n) is 6.09. The van der Waals surface area contributed by atoms with Crippen molar-refractivity contribution in [3.05, 3.63) is 28.1 Å². The van der Waals surface area contributed by atoms with E-state index in [0.29, 0.717) is 27.4 Å². The Morgan fingerprint density at radius 2 is 2.00 bits per heavy atom. The molecule has 0 saturated heterocycles. The Labute approximate surface area is 122 Å². The number of aromatic nitrogens is 1. The van der Waals surface area contributed by atoms with E-state index in [1.807, 2.05) is 4.57 Å². The van der Waals surface area contributed by atoms with E-state index in [2.05, 4.69) is 13.8 Å². The molecule has 0 fully saturated rings. The molecule has 0 atom stereocenters. The predicted molar refractivity (Wildman–Crippen MR) is 76.0 cm³/mol. The number of halogens is 3. The molecule has 108 valence electrons. The first-order valence-corrected chi connectivity index (χ1v) is 7.90. The van der Waals surface area contributed by atoms with Gasteiger partial charge in [-0.1, -0.05) is 11.3 Å².